The van der Waals surface area contributed by atoms with Crippen LogP contribution in [0.2, 0.25) is 0 Å². The molecule has 0 radical (unpaired) electrons. The Hall–Kier alpha value is -1.51. The molecule has 1 aromatic heterocycles. The summed E-state index contributed by atoms with van der Waals surface area (Å²) >= 11 is 4.82. The van der Waals surface area contributed by atoms with Crippen LogP contribution in [0.4, 0.5) is 4.39 Å². The zero-order valence-corrected chi connectivity index (χ0v) is 17.8. The van der Waals surface area contributed by atoms with Crippen molar-refractivity contribution in [3.05, 3.63) is 50.1 Å². The van der Waals surface area contributed by atoms with Gasteiger partial charge in [0.1, 0.15) is 16.9 Å². The third-order valence-corrected chi connectivity index (χ3v) is 5.59. The SMILES string of the molecule is CN=C(NCCc1ccc(F)c(Br)c1)N(C)Cc1csc(C(C)OC)n1. The van der Waals surface area contributed by atoms with Gasteiger partial charge < -0.3 is 15.0 Å². The second-order valence-corrected chi connectivity index (χ2v) is 7.63. The van der Waals surface area contributed by atoms with Gasteiger partial charge in [-0.25, -0.2) is 9.37 Å². The van der Waals surface area contributed by atoms with Crippen LogP contribution in [0.5, 0.6) is 0 Å². The van der Waals surface area contributed by atoms with Crippen LogP contribution in [0.1, 0.15) is 29.3 Å². The molecule has 8 heteroatoms. The number of hydrogen-bond donors (Lipinski definition) is 1. The van der Waals surface area contributed by atoms with Gasteiger partial charge in [0.05, 0.1) is 16.7 Å². The lowest BCUT2D eigenvalue weighted by atomic mass is 10.1. The quantitative estimate of drug-likeness (QED) is 0.519. The molecular formula is C18H24BrFN4OS. The lowest BCUT2D eigenvalue weighted by Gasteiger charge is -2.21. The highest BCUT2D eigenvalue weighted by Gasteiger charge is 2.12. The third kappa shape index (κ3) is 5.75. The monoisotopic (exact) mass is 442 g/mol. The molecule has 1 atom stereocenters. The summed E-state index contributed by atoms with van der Waals surface area (Å²) in [7, 11) is 5.42. The van der Waals surface area contributed by atoms with E-state index in [-0.39, 0.29) is 11.9 Å². The molecule has 1 aromatic carbocycles. The van der Waals surface area contributed by atoms with E-state index in [4.69, 9.17) is 4.74 Å². The Kier molecular flexibility index (Phi) is 7.99. The van der Waals surface area contributed by atoms with E-state index in [0.717, 1.165) is 28.6 Å². The van der Waals surface area contributed by atoms with Crippen LogP contribution in [0.3, 0.4) is 0 Å². The van der Waals surface area contributed by atoms with Crippen molar-refractivity contribution < 1.29 is 9.13 Å². The maximum atomic E-state index is 13.3. The van der Waals surface area contributed by atoms with Crippen molar-refractivity contribution in [2.75, 3.05) is 27.7 Å². The predicted octanol–water partition coefficient (Wildman–Crippen LogP) is 4.00. The molecule has 2 aromatic rings. The number of benzene rings is 1. The van der Waals surface area contributed by atoms with E-state index < -0.39 is 0 Å². The number of aliphatic imine (C=N–C) groups is 1. The molecular weight excluding hydrogens is 419 g/mol. The van der Waals surface area contributed by atoms with E-state index in [0.29, 0.717) is 17.6 Å². The number of nitrogens with zero attached hydrogens (tertiary/aromatic N) is 3. The van der Waals surface area contributed by atoms with Crippen molar-refractivity contribution in [2.24, 2.45) is 4.99 Å². The summed E-state index contributed by atoms with van der Waals surface area (Å²) < 4.78 is 19.1. The van der Waals surface area contributed by atoms with Gasteiger partial charge in [-0.05, 0) is 47.0 Å². The fourth-order valence-electron chi connectivity index (χ4n) is 2.40. The molecule has 0 amide bonds. The van der Waals surface area contributed by atoms with Gasteiger partial charge in [-0.15, -0.1) is 11.3 Å². The minimum Gasteiger partial charge on any atom is -0.375 e. The van der Waals surface area contributed by atoms with Gasteiger partial charge >= 0.3 is 0 Å². The largest absolute Gasteiger partial charge is 0.375 e. The van der Waals surface area contributed by atoms with Crippen molar-refractivity contribution in [1.29, 1.82) is 0 Å². The first kappa shape index (κ1) is 20.8. The van der Waals surface area contributed by atoms with Crippen LogP contribution < -0.4 is 5.32 Å². The second kappa shape index (κ2) is 9.99. The highest BCUT2D eigenvalue weighted by atomic mass is 79.9. The summed E-state index contributed by atoms with van der Waals surface area (Å²) in [6.07, 6.45) is 0.782. The van der Waals surface area contributed by atoms with Crippen LogP contribution >= 0.6 is 27.3 Å². The minimum absolute atomic E-state index is 0.00604. The summed E-state index contributed by atoms with van der Waals surface area (Å²) in [6.45, 7) is 3.35. The number of nitrogens with one attached hydrogen (secondary N) is 1. The summed E-state index contributed by atoms with van der Waals surface area (Å²) in [4.78, 5) is 11.0. The van der Waals surface area contributed by atoms with Gasteiger partial charge in [0.2, 0.25) is 0 Å². The number of hydrogen-bond acceptors (Lipinski definition) is 4. The number of aromatic nitrogens is 1. The highest BCUT2D eigenvalue weighted by molar-refractivity contribution is 9.10. The number of methoxy groups -OCH3 is 1. The van der Waals surface area contributed by atoms with E-state index in [2.05, 4.69) is 31.2 Å². The van der Waals surface area contributed by atoms with Gasteiger partial charge in [-0.2, -0.15) is 0 Å². The molecule has 0 aliphatic heterocycles. The summed E-state index contributed by atoms with van der Waals surface area (Å²) in [6, 6.07) is 5.07. The van der Waals surface area contributed by atoms with Crippen LogP contribution in [-0.2, 0) is 17.7 Å². The second-order valence-electron chi connectivity index (χ2n) is 5.88. The fraction of sp³-hybridized carbons (Fsp3) is 0.444. The first-order valence-corrected chi connectivity index (χ1v) is 9.94. The Morgan fingerprint density at radius 2 is 2.27 bits per heavy atom. The molecule has 0 spiro atoms. The molecule has 0 fully saturated rings. The molecule has 0 saturated heterocycles. The van der Waals surface area contributed by atoms with Crippen molar-refractivity contribution >= 4 is 33.2 Å². The average Bonchev–Trinajstić information content (AvgIpc) is 3.09. The predicted molar refractivity (Wildman–Crippen MR) is 108 cm³/mol. The third-order valence-electron chi connectivity index (χ3n) is 3.92. The number of guanidine groups is 1. The normalized spacial score (nSPS) is 12.9. The Bertz CT molecular complexity index is 753. The molecule has 2 rings (SSSR count). The average molecular weight is 443 g/mol. The topological polar surface area (TPSA) is 49.8 Å². The van der Waals surface area contributed by atoms with Crippen LogP contribution in [0.15, 0.2) is 33.0 Å². The zero-order valence-electron chi connectivity index (χ0n) is 15.4. The lowest BCUT2D eigenvalue weighted by Crippen LogP contribution is -2.39. The Labute approximate surface area is 166 Å². The maximum absolute atomic E-state index is 13.3. The van der Waals surface area contributed by atoms with Gasteiger partial charge in [0, 0.05) is 33.1 Å². The number of rotatable bonds is 7. The Morgan fingerprint density at radius 1 is 1.50 bits per heavy atom. The standard InChI is InChI=1S/C18H24BrFN4OS/c1-12(25-4)17-23-14(11-26-17)10-24(3)18(21-2)22-8-7-13-5-6-16(20)15(19)9-13/h5-6,9,11-12H,7-8,10H2,1-4H3,(H,21,22). The molecule has 0 bridgehead atoms. The molecule has 0 aliphatic carbocycles. The molecule has 0 saturated carbocycles. The molecule has 142 valence electrons. The van der Waals surface area contributed by atoms with Crippen LogP contribution in [0, 0.1) is 5.82 Å². The molecule has 5 nitrogen and oxygen atoms in total. The Morgan fingerprint density at radius 3 is 2.92 bits per heavy atom. The van der Waals surface area contributed by atoms with Crippen molar-refractivity contribution in [3.63, 3.8) is 0 Å². The van der Waals surface area contributed by atoms with Gasteiger partial charge in [0.15, 0.2) is 5.96 Å². The van der Waals surface area contributed by atoms with Gasteiger partial charge in [-0.3, -0.25) is 4.99 Å². The zero-order chi connectivity index (χ0) is 19.1. The summed E-state index contributed by atoms with van der Waals surface area (Å²) in [5.41, 5.74) is 2.04. The fourth-order valence-corrected chi connectivity index (χ4v) is 3.67. The Balaban J connectivity index is 1.87. The van der Waals surface area contributed by atoms with Gasteiger partial charge in [0.25, 0.3) is 0 Å². The van der Waals surface area contributed by atoms with E-state index in [9.17, 15) is 4.39 Å². The smallest absolute Gasteiger partial charge is 0.193 e. The minimum atomic E-state index is -0.248. The first-order valence-electron chi connectivity index (χ1n) is 8.27. The first-order chi connectivity index (χ1) is 12.4. The van der Waals surface area contributed by atoms with E-state index in [1.807, 2.05) is 24.3 Å². The molecule has 26 heavy (non-hydrogen) atoms. The van der Waals surface area contributed by atoms with E-state index in [1.54, 1.807) is 37.6 Å². The van der Waals surface area contributed by atoms with Crippen molar-refractivity contribution in [1.82, 2.24) is 15.2 Å². The molecule has 1 unspecified atom stereocenters. The van der Waals surface area contributed by atoms with E-state index >= 15 is 0 Å². The number of ether oxygens (including phenoxy) is 1. The maximum Gasteiger partial charge on any atom is 0.193 e. The molecule has 1 N–H and O–H groups in total. The number of halogens is 2. The molecule has 0 aliphatic rings. The van der Waals surface area contributed by atoms with Gasteiger partial charge in [-0.1, -0.05) is 6.07 Å². The van der Waals surface area contributed by atoms with Crippen LogP contribution in [-0.4, -0.2) is 43.6 Å². The van der Waals surface area contributed by atoms with Crippen LogP contribution in [0.25, 0.3) is 0 Å². The summed E-state index contributed by atoms with van der Waals surface area (Å²) in [5, 5.41) is 6.35. The van der Waals surface area contributed by atoms with Crippen molar-refractivity contribution in [3.8, 4) is 0 Å². The van der Waals surface area contributed by atoms with Crippen molar-refractivity contribution in [2.45, 2.75) is 26.0 Å². The molecule has 1 heterocycles. The number of thiazole rings is 1. The summed E-state index contributed by atoms with van der Waals surface area (Å²) in [5.74, 6) is 0.545. The highest BCUT2D eigenvalue weighted by Crippen LogP contribution is 2.21. The lowest BCUT2D eigenvalue weighted by molar-refractivity contribution is 0.119. The van der Waals surface area contributed by atoms with E-state index in [1.165, 1.54) is 6.07 Å².